The standard InChI is InChI=1S/C15H12ClN5OS/c16-13-7-10-12(8-18-13)23-15(19-10)21-20-9-3-2-6-22-11-4-1-5-17-14(9)11/h1,4-5,7-8H,2-3,6H2,(H,19,21)/b20-9+. The van der Waals surface area contributed by atoms with Crippen LogP contribution >= 0.6 is 22.9 Å². The summed E-state index contributed by atoms with van der Waals surface area (Å²) in [6, 6.07) is 5.51. The van der Waals surface area contributed by atoms with Gasteiger partial charge in [-0.3, -0.25) is 10.4 Å². The second-order valence-corrected chi connectivity index (χ2v) is 6.38. The molecule has 4 rings (SSSR count). The minimum absolute atomic E-state index is 0.430. The van der Waals surface area contributed by atoms with E-state index >= 15 is 0 Å². The summed E-state index contributed by atoms with van der Waals surface area (Å²) in [6.45, 7) is 0.670. The number of nitrogens with zero attached hydrogens (tertiary/aromatic N) is 4. The third-order valence-corrected chi connectivity index (χ3v) is 4.51. The summed E-state index contributed by atoms with van der Waals surface area (Å²) in [5.41, 5.74) is 5.48. The third-order valence-electron chi connectivity index (χ3n) is 3.39. The zero-order valence-corrected chi connectivity index (χ0v) is 13.6. The average molecular weight is 346 g/mol. The van der Waals surface area contributed by atoms with E-state index in [9.17, 15) is 0 Å². The van der Waals surface area contributed by atoms with Crippen molar-refractivity contribution >= 4 is 44.0 Å². The first-order valence-corrected chi connectivity index (χ1v) is 8.32. The first kappa shape index (κ1) is 14.3. The summed E-state index contributed by atoms with van der Waals surface area (Å²) in [4.78, 5) is 12.9. The molecule has 0 unspecified atom stereocenters. The van der Waals surface area contributed by atoms with Gasteiger partial charge in [0.15, 0.2) is 0 Å². The minimum atomic E-state index is 0.430. The van der Waals surface area contributed by atoms with Gasteiger partial charge in [0.25, 0.3) is 0 Å². The number of rotatable bonds is 2. The first-order chi connectivity index (χ1) is 11.3. The zero-order chi connectivity index (χ0) is 15.6. The van der Waals surface area contributed by atoms with Crippen LogP contribution in [0.5, 0.6) is 5.75 Å². The molecule has 0 amide bonds. The number of hydrogen-bond donors (Lipinski definition) is 1. The Hall–Kier alpha value is -2.25. The molecule has 23 heavy (non-hydrogen) atoms. The molecule has 6 nitrogen and oxygen atoms in total. The van der Waals surface area contributed by atoms with Gasteiger partial charge in [-0.2, -0.15) is 5.10 Å². The Bertz CT molecular complexity index is 894. The monoisotopic (exact) mass is 345 g/mol. The van der Waals surface area contributed by atoms with Gasteiger partial charge in [-0.25, -0.2) is 9.97 Å². The van der Waals surface area contributed by atoms with Gasteiger partial charge in [0.05, 0.1) is 22.5 Å². The van der Waals surface area contributed by atoms with E-state index in [1.165, 1.54) is 11.3 Å². The van der Waals surface area contributed by atoms with Crippen molar-refractivity contribution in [3.8, 4) is 5.75 Å². The molecule has 3 aromatic heterocycles. The van der Waals surface area contributed by atoms with Crippen LogP contribution in [0.25, 0.3) is 10.2 Å². The van der Waals surface area contributed by atoms with Crippen LogP contribution in [-0.4, -0.2) is 27.3 Å². The SMILES string of the molecule is Clc1cc2nc(N/N=C3\CCCOc4cccnc43)sc2cn1. The van der Waals surface area contributed by atoms with Gasteiger partial charge >= 0.3 is 0 Å². The van der Waals surface area contributed by atoms with Gasteiger partial charge in [0, 0.05) is 18.5 Å². The fraction of sp³-hybridized carbons (Fsp3) is 0.200. The molecule has 0 fully saturated rings. The molecular weight excluding hydrogens is 334 g/mol. The van der Waals surface area contributed by atoms with Crippen LogP contribution in [0.3, 0.4) is 0 Å². The lowest BCUT2D eigenvalue weighted by atomic mass is 10.1. The number of fused-ring (bicyclic) bond motifs is 2. The maximum atomic E-state index is 5.88. The topological polar surface area (TPSA) is 72.3 Å². The van der Waals surface area contributed by atoms with E-state index in [1.54, 1.807) is 18.5 Å². The fourth-order valence-corrected chi connectivity index (χ4v) is 3.26. The molecule has 1 N–H and O–H groups in total. The van der Waals surface area contributed by atoms with E-state index in [0.717, 1.165) is 40.2 Å². The van der Waals surface area contributed by atoms with E-state index in [1.807, 2.05) is 12.1 Å². The smallest absolute Gasteiger partial charge is 0.204 e. The number of nitrogens with one attached hydrogen (secondary N) is 1. The molecule has 0 radical (unpaired) electrons. The molecule has 0 atom stereocenters. The molecule has 0 aromatic carbocycles. The molecule has 0 spiro atoms. The van der Waals surface area contributed by atoms with Crippen LogP contribution in [0.1, 0.15) is 18.5 Å². The second-order valence-electron chi connectivity index (χ2n) is 4.97. The summed E-state index contributed by atoms with van der Waals surface area (Å²) >= 11 is 7.36. The van der Waals surface area contributed by atoms with Crippen molar-refractivity contribution in [2.45, 2.75) is 12.8 Å². The van der Waals surface area contributed by atoms with Crippen molar-refractivity contribution < 1.29 is 4.74 Å². The maximum absolute atomic E-state index is 5.88. The number of aromatic nitrogens is 3. The van der Waals surface area contributed by atoms with Crippen molar-refractivity contribution in [1.82, 2.24) is 15.0 Å². The van der Waals surface area contributed by atoms with E-state index in [-0.39, 0.29) is 0 Å². The summed E-state index contributed by atoms with van der Waals surface area (Å²) in [7, 11) is 0. The summed E-state index contributed by atoms with van der Waals surface area (Å²) in [6.07, 6.45) is 5.16. The summed E-state index contributed by atoms with van der Waals surface area (Å²) in [5.74, 6) is 0.769. The van der Waals surface area contributed by atoms with Gasteiger partial charge < -0.3 is 4.74 Å². The van der Waals surface area contributed by atoms with Gasteiger partial charge in [-0.05, 0) is 25.0 Å². The number of halogens is 1. The van der Waals surface area contributed by atoms with Gasteiger partial charge in [-0.1, -0.05) is 22.9 Å². The van der Waals surface area contributed by atoms with Crippen molar-refractivity contribution in [3.63, 3.8) is 0 Å². The minimum Gasteiger partial charge on any atom is -0.491 e. The predicted octanol–water partition coefficient (Wildman–Crippen LogP) is 3.73. The van der Waals surface area contributed by atoms with Crippen molar-refractivity contribution in [3.05, 3.63) is 41.4 Å². The van der Waals surface area contributed by atoms with Crippen LogP contribution < -0.4 is 10.2 Å². The number of pyridine rings is 2. The van der Waals surface area contributed by atoms with Crippen LogP contribution in [-0.2, 0) is 0 Å². The maximum Gasteiger partial charge on any atom is 0.204 e. The van der Waals surface area contributed by atoms with Crippen LogP contribution in [0.4, 0.5) is 5.13 Å². The van der Waals surface area contributed by atoms with Gasteiger partial charge in [0.1, 0.15) is 16.6 Å². The largest absolute Gasteiger partial charge is 0.491 e. The zero-order valence-electron chi connectivity index (χ0n) is 12.0. The molecule has 3 aromatic rings. The highest BCUT2D eigenvalue weighted by atomic mass is 35.5. The predicted molar refractivity (Wildman–Crippen MR) is 91.6 cm³/mol. The van der Waals surface area contributed by atoms with Crippen molar-refractivity contribution in [2.24, 2.45) is 5.10 Å². The van der Waals surface area contributed by atoms with Crippen molar-refractivity contribution in [2.75, 3.05) is 12.0 Å². The lowest BCUT2D eigenvalue weighted by Gasteiger charge is -2.05. The number of hydrogen-bond acceptors (Lipinski definition) is 7. The Morgan fingerprint density at radius 1 is 1.35 bits per heavy atom. The Morgan fingerprint density at radius 2 is 2.30 bits per heavy atom. The van der Waals surface area contributed by atoms with Gasteiger partial charge in [0.2, 0.25) is 5.13 Å². The fourth-order valence-electron chi connectivity index (χ4n) is 2.35. The Morgan fingerprint density at radius 3 is 3.26 bits per heavy atom. The molecule has 116 valence electrons. The van der Waals surface area contributed by atoms with Crippen LogP contribution in [0.15, 0.2) is 35.7 Å². The molecule has 8 heteroatoms. The third kappa shape index (κ3) is 2.97. The van der Waals surface area contributed by atoms with E-state index in [4.69, 9.17) is 16.3 Å². The normalized spacial score (nSPS) is 16.0. The van der Waals surface area contributed by atoms with E-state index in [2.05, 4.69) is 25.5 Å². The van der Waals surface area contributed by atoms with E-state index in [0.29, 0.717) is 16.9 Å². The molecule has 0 aliphatic carbocycles. The molecule has 1 aliphatic rings. The highest BCUT2D eigenvalue weighted by Crippen LogP contribution is 2.27. The molecule has 0 saturated carbocycles. The Labute approximate surface area is 141 Å². The number of anilines is 1. The lowest BCUT2D eigenvalue weighted by molar-refractivity contribution is 0.317. The van der Waals surface area contributed by atoms with Crippen molar-refractivity contribution in [1.29, 1.82) is 0 Å². The second kappa shape index (κ2) is 6.10. The number of ether oxygens (including phenoxy) is 1. The lowest BCUT2D eigenvalue weighted by Crippen LogP contribution is -2.05. The molecule has 1 aliphatic heterocycles. The molecule has 0 saturated heterocycles. The Balaban J connectivity index is 1.64. The number of hydrazone groups is 1. The quantitative estimate of drug-likeness (QED) is 0.566. The first-order valence-electron chi connectivity index (χ1n) is 7.12. The Kier molecular flexibility index (Phi) is 3.80. The molecule has 4 heterocycles. The molecule has 0 bridgehead atoms. The summed E-state index contributed by atoms with van der Waals surface area (Å²) in [5, 5.41) is 5.62. The highest BCUT2D eigenvalue weighted by molar-refractivity contribution is 7.22. The van der Waals surface area contributed by atoms with Crippen LogP contribution in [0.2, 0.25) is 5.15 Å². The highest BCUT2D eigenvalue weighted by Gasteiger charge is 2.16. The summed E-state index contributed by atoms with van der Waals surface area (Å²) < 4.78 is 6.64. The average Bonchev–Trinajstić information content (AvgIpc) is 2.84. The number of thiazole rings is 1. The van der Waals surface area contributed by atoms with Gasteiger partial charge in [-0.15, -0.1) is 0 Å². The van der Waals surface area contributed by atoms with Crippen LogP contribution in [0, 0.1) is 0 Å². The van der Waals surface area contributed by atoms with E-state index < -0.39 is 0 Å². The molecular formula is C15H12ClN5OS.